The largest absolute Gasteiger partial charge is 0.871 e. The van der Waals surface area contributed by atoms with Crippen LogP contribution in [0.15, 0.2) is 89.3 Å². The Bertz CT molecular complexity index is 2860. The van der Waals surface area contributed by atoms with Crippen LogP contribution in [0.5, 0.6) is 0 Å². The Morgan fingerprint density at radius 3 is 1.61 bits per heavy atom. The molecule has 384 valence electrons. The number of likely N-dealkylation sites (N-methyl/N-ethyl adjacent to an activating group) is 2. The van der Waals surface area contributed by atoms with Gasteiger partial charge in [0.25, 0.3) is 0 Å². The number of anilines is 1. The van der Waals surface area contributed by atoms with Crippen molar-refractivity contribution < 1.29 is 28.7 Å². The third kappa shape index (κ3) is 13.2. The summed E-state index contributed by atoms with van der Waals surface area (Å²) >= 11 is 2.66. The summed E-state index contributed by atoms with van der Waals surface area (Å²) in [7, 11) is 0. The Kier molecular flexibility index (Phi) is 16.5. The molecule has 0 amide bonds. The van der Waals surface area contributed by atoms with Crippen LogP contribution in [0.4, 0.5) is 5.00 Å². The first-order valence-corrected chi connectivity index (χ1v) is 26.8. The van der Waals surface area contributed by atoms with Crippen molar-refractivity contribution in [1.82, 2.24) is 30.0 Å². The molecule has 1 aliphatic heterocycles. The maximum Gasteiger partial charge on any atom is 0.239 e. The minimum Gasteiger partial charge on any atom is -0.871 e. The molecular formula is C57H74N8O5S2. The molecule has 4 heterocycles. The van der Waals surface area contributed by atoms with Crippen molar-refractivity contribution in [2.45, 2.75) is 145 Å². The fourth-order valence-electron chi connectivity index (χ4n) is 8.46. The van der Waals surface area contributed by atoms with Crippen LogP contribution >= 0.6 is 23.1 Å². The number of allylic oxidation sites excluding steroid dienone is 3. The van der Waals surface area contributed by atoms with Gasteiger partial charge in [0.1, 0.15) is 24.5 Å². The molecule has 0 saturated carbocycles. The van der Waals surface area contributed by atoms with Crippen LogP contribution in [0.25, 0.3) is 5.57 Å². The smallest absolute Gasteiger partial charge is 0.239 e. The lowest BCUT2D eigenvalue weighted by Crippen LogP contribution is -2.26. The quantitative estimate of drug-likeness (QED) is 0.0358. The van der Waals surface area contributed by atoms with Crippen LogP contribution in [0.1, 0.15) is 147 Å². The summed E-state index contributed by atoms with van der Waals surface area (Å²) in [6.45, 7) is 36.2. The molecule has 7 rings (SSSR count). The number of aromatic nitrogens is 6. The lowest BCUT2D eigenvalue weighted by atomic mass is 9.79. The fourth-order valence-corrected chi connectivity index (χ4v) is 10.7. The maximum absolute atomic E-state index is 13.9. The molecule has 0 spiro atoms. The number of nitrogens with zero attached hydrogens (tertiary/aromatic N) is 8. The molecule has 72 heavy (non-hydrogen) atoms. The van der Waals surface area contributed by atoms with E-state index in [1.807, 2.05) is 47.7 Å². The first kappa shape index (κ1) is 54.3. The van der Waals surface area contributed by atoms with E-state index in [-0.39, 0.29) is 32.8 Å². The van der Waals surface area contributed by atoms with Crippen LogP contribution in [-0.4, -0.2) is 90.6 Å². The lowest BCUT2D eigenvalue weighted by molar-refractivity contribution is -0.524. The number of carbonyl (C=O) groups excluding carboxylic acids is 2. The van der Waals surface area contributed by atoms with Gasteiger partial charge in [0.05, 0.1) is 50.3 Å². The second-order valence-corrected chi connectivity index (χ2v) is 25.1. The molecule has 0 fully saturated rings. The van der Waals surface area contributed by atoms with Crippen LogP contribution in [-0.2, 0) is 67.0 Å². The van der Waals surface area contributed by atoms with E-state index in [2.05, 4.69) is 150 Å². The van der Waals surface area contributed by atoms with Gasteiger partial charge in [-0.25, -0.2) is 13.9 Å². The van der Waals surface area contributed by atoms with Crippen molar-refractivity contribution in [3.8, 4) is 0 Å². The zero-order valence-electron chi connectivity index (χ0n) is 44.9. The summed E-state index contributed by atoms with van der Waals surface area (Å²) in [5, 5.41) is 33.2. The van der Waals surface area contributed by atoms with Crippen molar-refractivity contribution in [3.63, 3.8) is 0 Å². The summed E-state index contributed by atoms with van der Waals surface area (Å²) in [4.78, 5) is 30.1. The van der Waals surface area contributed by atoms with E-state index in [1.54, 1.807) is 12.1 Å². The molecule has 0 atom stereocenters. The molecule has 0 radical (unpaired) electrons. The van der Waals surface area contributed by atoms with Gasteiger partial charge in [-0.05, 0) is 98.9 Å². The van der Waals surface area contributed by atoms with Crippen molar-refractivity contribution in [3.05, 3.63) is 139 Å². The van der Waals surface area contributed by atoms with Crippen molar-refractivity contribution in [2.75, 3.05) is 44.3 Å². The number of benzene rings is 2. The minimum absolute atomic E-state index is 0.0256. The van der Waals surface area contributed by atoms with Crippen molar-refractivity contribution in [2.24, 2.45) is 0 Å². The van der Waals surface area contributed by atoms with Gasteiger partial charge in [0.2, 0.25) is 16.6 Å². The molecule has 0 saturated heterocycles. The van der Waals surface area contributed by atoms with Crippen molar-refractivity contribution >= 4 is 50.3 Å². The minimum atomic E-state index is -0.764. The number of ketones is 2. The van der Waals surface area contributed by atoms with Gasteiger partial charge < -0.3 is 19.5 Å². The molecule has 3 aromatic heterocycles. The van der Waals surface area contributed by atoms with Crippen LogP contribution in [0.2, 0.25) is 0 Å². The van der Waals surface area contributed by atoms with Crippen molar-refractivity contribution in [1.29, 1.82) is 0 Å². The van der Waals surface area contributed by atoms with Gasteiger partial charge in [0.15, 0.2) is 6.54 Å². The van der Waals surface area contributed by atoms with Gasteiger partial charge in [0, 0.05) is 40.1 Å². The van der Waals surface area contributed by atoms with Gasteiger partial charge >= 0.3 is 0 Å². The monoisotopic (exact) mass is 1010 g/mol. The standard InChI is InChI=1S/C57H74N8O5S2/c1-15-62(21-23-69-35-43-33-64(60-58-43)31-37-25-39(54(3,4)5)29-40(26-37)55(6,7)8)47-19-17-45(71-47)49-51(66)50(53(68)52(49)67)46-18-20-48(72-46)63(16-2)22-24-70-36-44-34-65(61-59-44)32-38-27-41(56(9,10)11)30-42(28-38)57(12,13)14/h17-20,25-30,33-34H,15-16,21-24,31-32,35-36H2,1-14H3. The number of hydrogen-bond acceptors (Lipinski definition) is 12. The topological polar surface area (TPSA) is 143 Å². The van der Waals surface area contributed by atoms with E-state index < -0.39 is 17.3 Å². The van der Waals surface area contributed by atoms with Gasteiger partial charge in [-0.2, -0.15) is 0 Å². The lowest BCUT2D eigenvalue weighted by Gasteiger charge is -2.26. The maximum atomic E-state index is 13.9. The third-order valence-corrected chi connectivity index (χ3v) is 15.3. The Labute approximate surface area is 435 Å². The second kappa shape index (κ2) is 21.9. The predicted molar refractivity (Wildman–Crippen MR) is 289 cm³/mol. The summed E-state index contributed by atoms with van der Waals surface area (Å²) in [6, 6.07) is 17.4. The van der Waals surface area contributed by atoms with E-state index in [4.69, 9.17) is 9.47 Å². The summed E-state index contributed by atoms with van der Waals surface area (Å²) in [6.07, 6.45) is 7.53. The average molecular weight is 1020 g/mol. The van der Waals surface area contributed by atoms with Gasteiger partial charge in [-0.1, -0.05) is 136 Å². The Hall–Kier alpha value is -5.48. The number of hydrogen-bond donors (Lipinski definition) is 0. The highest BCUT2D eigenvalue weighted by atomic mass is 32.2. The highest BCUT2D eigenvalue weighted by Crippen LogP contribution is 2.41. The molecule has 2 aliphatic rings. The third-order valence-electron chi connectivity index (χ3n) is 13.0. The number of thiophene rings is 1. The molecule has 1 aliphatic carbocycles. The van der Waals surface area contributed by atoms with Gasteiger partial charge in [-0.3, -0.25) is 9.59 Å². The summed E-state index contributed by atoms with van der Waals surface area (Å²) in [5.41, 5.74) is 9.04. The zero-order chi connectivity index (χ0) is 52.3. The van der Waals surface area contributed by atoms with Crippen LogP contribution in [0.3, 0.4) is 0 Å². The highest BCUT2D eigenvalue weighted by Gasteiger charge is 2.37. The molecule has 0 bridgehead atoms. The Morgan fingerprint density at radius 1 is 0.653 bits per heavy atom. The van der Waals surface area contributed by atoms with Crippen LogP contribution in [0, 0.1) is 0 Å². The molecule has 2 aromatic carbocycles. The molecule has 0 unspecified atom stereocenters. The number of ether oxygens (including phenoxy) is 2. The Balaban J connectivity index is 0.918. The zero-order valence-corrected chi connectivity index (χ0v) is 46.6. The van der Waals surface area contributed by atoms with E-state index >= 15 is 0 Å². The first-order chi connectivity index (χ1) is 33.8. The first-order valence-electron chi connectivity index (χ1n) is 25.1. The van der Waals surface area contributed by atoms with Crippen LogP contribution < -0.4 is 10.0 Å². The number of carbonyl (C=O) groups is 2. The molecular weight excluding hydrogens is 941 g/mol. The Morgan fingerprint density at radius 2 is 1.14 bits per heavy atom. The average Bonchev–Trinajstić information content (AvgIpc) is 4.17. The van der Waals surface area contributed by atoms with Gasteiger partial charge in [-0.15, -0.1) is 21.5 Å². The summed E-state index contributed by atoms with van der Waals surface area (Å²) < 4.78 is 18.0. The molecule has 0 N–H and O–H groups in total. The van der Waals surface area contributed by atoms with E-state index in [0.717, 1.165) is 21.4 Å². The predicted octanol–water partition coefficient (Wildman–Crippen LogP) is 9.69. The second-order valence-electron chi connectivity index (χ2n) is 22.9. The SMILES string of the molecule is CCN(CCOCc1cn(Cc2cc(C(C)(C)C)cc(C(C)(C)C)c2)nn1)c1ccc(C2=C([O-])/C(=C3\C=CC(=[N+](CC)CCOCc4cn(Cc5cc(C(C)(C)C)cc(C(C)(C)C)c5)nn4)S3)C(=O)C2=O)s1. The number of thioether (sulfide) groups is 1. The molecule has 15 heteroatoms. The normalized spacial score (nSPS) is 16.5. The number of Topliss-reactive ketones (excluding diaryl/α,β-unsaturated/α-hetero) is 2. The molecule has 5 aromatic rings. The van der Waals surface area contributed by atoms with E-state index in [1.165, 1.54) is 56.5 Å². The van der Waals surface area contributed by atoms with E-state index in [9.17, 15) is 14.7 Å². The summed E-state index contributed by atoms with van der Waals surface area (Å²) in [5.74, 6) is -2.06. The molecule has 13 nitrogen and oxygen atoms in total. The number of rotatable bonds is 18. The van der Waals surface area contributed by atoms with E-state index in [0.29, 0.717) is 75.5 Å². The highest BCUT2D eigenvalue weighted by molar-refractivity contribution is 8.18. The fraction of sp³-hybridized carbons (Fsp3) is 0.491.